The Morgan fingerprint density at radius 1 is 0.933 bits per heavy atom. The molecule has 9 heteroatoms. The van der Waals surface area contributed by atoms with Crippen molar-refractivity contribution >= 4 is 34.4 Å². The Kier molecular flexibility index (Phi) is 5.12. The number of anilines is 4. The molecule has 30 heavy (non-hydrogen) atoms. The molecule has 0 spiro atoms. The van der Waals surface area contributed by atoms with Gasteiger partial charge in [0.2, 0.25) is 5.95 Å². The average Bonchev–Trinajstić information content (AvgIpc) is 3.44. The van der Waals surface area contributed by atoms with Gasteiger partial charge in [0.15, 0.2) is 0 Å². The third-order valence-electron chi connectivity index (χ3n) is 5.83. The minimum atomic E-state index is 0.333. The van der Waals surface area contributed by atoms with E-state index in [1.807, 2.05) is 12.4 Å². The van der Waals surface area contributed by atoms with Gasteiger partial charge in [-0.1, -0.05) is 0 Å². The number of hydrogen-bond acceptors (Lipinski definition) is 8. The number of hydrogen-bond donors (Lipinski definition) is 2. The molecule has 158 valence electrons. The smallest absolute Gasteiger partial charge is 0.232 e. The van der Waals surface area contributed by atoms with Gasteiger partial charge in [-0.05, 0) is 26.7 Å². The summed E-state index contributed by atoms with van der Waals surface area (Å²) in [7, 11) is 0. The Bertz CT molecular complexity index is 1020. The van der Waals surface area contributed by atoms with Crippen LogP contribution in [0.2, 0.25) is 0 Å². The molecule has 9 nitrogen and oxygen atoms in total. The summed E-state index contributed by atoms with van der Waals surface area (Å²) in [6.45, 7) is 10.3. The van der Waals surface area contributed by atoms with E-state index in [2.05, 4.69) is 54.9 Å². The number of aromatic nitrogens is 5. The third kappa shape index (κ3) is 3.77. The van der Waals surface area contributed by atoms with E-state index in [1.165, 1.54) is 12.8 Å². The van der Waals surface area contributed by atoms with Crippen molar-refractivity contribution in [2.75, 3.05) is 54.4 Å². The SMILES string of the molecule is CC(C)n1cnc2cnc(Nc3nc(N4CCCC4)cc(N4CCNCC4)n3)cc21. The molecule has 3 aromatic heterocycles. The van der Waals surface area contributed by atoms with Gasteiger partial charge >= 0.3 is 0 Å². The van der Waals surface area contributed by atoms with Gasteiger partial charge in [-0.25, -0.2) is 9.97 Å². The second-order valence-corrected chi connectivity index (χ2v) is 8.27. The van der Waals surface area contributed by atoms with Gasteiger partial charge in [0.05, 0.1) is 18.0 Å². The fraction of sp³-hybridized carbons (Fsp3) is 0.524. The molecular formula is C21H29N9. The number of fused-ring (bicyclic) bond motifs is 1. The van der Waals surface area contributed by atoms with Crippen molar-refractivity contribution in [1.29, 1.82) is 0 Å². The molecule has 5 rings (SSSR count). The molecular weight excluding hydrogens is 378 g/mol. The van der Waals surface area contributed by atoms with E-state index in [0.29, 0.717) is 12.0 Å². The standard InChI is InChI=1S/C21H29N9/c1-15(2)30-14-24-16-13-23-18(11-17(16)30)25-21-26-19(28-7-3-4-8-28)12-20(27-21)29-9-5-22-6-10-29/h11-15,22H,3-10H2,1-2H3,(H,23,25,26,27). The van der Waals surface area contributed by atoms with Gasteiger partial charge in [-0.2, -0.15) is 9.97 Å². The molecule has 2 N–H and O–H groups in total. The van der Waals surface area contributed by atoms with Gasteiger partial charge in [0.25, 0.3) is 0 Å². The molecule has 0 bridgehead atoms. The minimum absolute atomic E-state index is 0.333. The van der Waals surface area contributed by atoms with Crippen LogP contribution in [-0.2, 0) is 0 Å². The first-order valence-electron chi connectivity index (χ1n) is 10.9. The zero-order valence-electron chi connectivity index (χ0n) is 17.7. The van der Waals surface area contributed by atoms with E-state index >= 15 is 0 Å². The zero-order chi connectivity index (χ0) is 20.5. The summed E-state index contributed by atoms with van der Waals surface area (Å²) in [4.78, 5) is 23.3. The number of nitrogens with zero attached hydrogens (tertiary/aromatic N) is 7. The molecule has 0 unspecified atom stereocenters. The van der Waals surface area contributed by atoms with Crippen LogP contribution in [0.5, 0.6) is 0 Å². The monoisotopic (exact) mass is 407 g/mol. The van der Waals surface area contributed by atoms with Crippen LogP contribution in [0.1, 0.15) is 32.7 Å². The molecule has 2 aliphatic rings. The molecule has 0 radical (unpaired) electrons. The van der Waals surface area contributed by atoms with Crippen molar-refractivity contribution in [2.45, 2.75) is 32.7 Å². The Labute approximate surface area is 176 Å². The largest absolute Gasteiger partial charge is 0.356 e. The molecule has 5 heterocycles. The summed E-state index contributed by atoms with van der Waals surface area (Å²) in [6, 6.07) is 4.49. The molecule has 3 aromatic rings. The van der Waals surface area contributed by atoms with Crippen LogP contribution < -0.4 is 20.4 Å². The minimum Gasteiger partial charge on any atom is -0.356 e. The molecule has 0 amide bonds. The second kappa shape index (κ2) is 8.06. The van der Waals surface area contributed by atoms with Crippen LogP contribution >= 0.6 is 0 Å². The van der Waals surface area contributed by atoms with Crippen molar-refractivity contribution in [3.05, 3.63) is 24.7 Å². The molecule has 0 aliphatic carbocycles. The van der Waals surface area contributed by atoms with Crippen LogP contribution in [0.3, 0.4) is 0 Å². The number of rotatable bonds is 5. The van der Waals surface area contributed by atoms with Crippen LogP contribution in [0, 0.1) is 0 Å². The van der Waals surface area contributed by atoms with E-state index in [9.17, 15) is 0 Å². The van der Waals surface area contributed by atoms with E-state index in [0.717, 1.165) is 67.8 Å². The fourth-order valence-electron chi connectivity index (χ4n) is 4.17. The maximum atomic E-state index is 4.84. The lowest BCUT2D eigenvalue weighted by Crippen LogP contribution is -2.44. The van der Waals surface area contributed by atoms with E-state index < -0.39 is 0 Å². The fourth-order valence-corrected chi connectivity index (χ4v) is 4.17. The number of nitrogens with one attached hydrogen (secondary N) is 2. The Morgan fingerprint density at radius 2 is 1.63 bits per heavy atom. The van der Waals surface area contributed by atoms with Crippen LogP contribution in [0.25, 0.3) is 11.0 Å². The summed E-state index contributed by atoms with van der Waals surface area (Å²) in [5, 5.41) is 6.76. The predicted molar refractivity (Wildman–Crippen MR) is 120 cm³/mol. The summed E-state index contributed by atoms with van der Waals surface area (Å²) in [5.41, 5.74) is 1.95. The van der Waals surface area contributed by atoms with Crippen molar-refractivity contribution in [3.63, 3.8) is 0 Å². The molecule has 2 aliphatic heterocycles. The lowest BCUT2D eigenvalue weighted by molar-refractivity contribution is 0.584. The Hall–Kier alpha value is -2.94. The number of piperazine rings is 1. The maximum absolute atomic E-state index is 4.84. The topological polar surface area (TPSA) is 87.0 Å². The first-order valence-corrected chi connectivity index (χ1v) is 10.9. The van der Waals surface area contributed by atoms with Gasteiger partial charge in [0, 0.05) is 57.4 Å². The normalized spacial score (nSPS) is 17.3. The maximum Gasteiger partial charge on any atom is 0.232 e. The van der Waals surface area contributed by atoms with Gasteiger partial charge < -0.3 is 25.0 Å². The highest BCUT2D eigenvalue weighted by Crippen LogP contribution is 2.26. The number of pyridine rings is 1. The van der Waals surface area contributed by atoms with E-state index in [4.69, 9.17) is 9.97 Å². The highest BCUT2D eigenvalue weighted by molar-refractivity contribution is 5.78. The first kappa shape index (κ1) is 19.0. The molecule has 0 aromatic carbocycles. The van der Waals surface area contributed by atoms with E-state index in [-0.39, 0.29) is 0 Å². The zero-order valence-corrected chi connectivity index (χ0v) is 17.7. The van der Waals surface area contributed by atoms with Gasteiger partial charge in [-0.15, -0.1) is 0 Å². The molecule has 2 fully saturated rings. The van der Waals surface area contributed by atoms with E-state index in [1.54, 1.807) is 6.20 Å². The van der Waals surface area contributed by atoms with Crippen molar-refractivity contribution in [3.8, 4) is 0 Å². The first-order chi connectivity index (χ1) is 14.7. The van der Waals surface area contributed by atoms with Crippen molar-refractivity contribution in [2.24, 2.45) is 0 Å². The summed E-state index contributed by atoms with van der Waals surface area (Å²) >= 11 is 0. The van der Waals surface area contributed by atoms with Crippen LogP contribution in [-0.4, -0.2) is 63.8 Å². The van der Waals surface area contributed by atoms with Crippen molar-refractivity contribution in [1.82, 2.24) is 29.8 Å². The molecule has 0 saturated carbocycles. The quantitative estimate of drug-likeness (QED) is 0.667. The highest BCUT2D eigenvalue weighted by Gasteiger charge is 2.20. The predicted octanol–water partition coefficient (Wildman–Crippen LogP) is 2.56. The lowest BCUT2D eigenvalue weighted by atomic mass is 10.3. The van der Waals surface area contributed by atoms with Crippen LogP contribution in [0.4, 0.5) is 23.4 Å². The number of imidazole rings is 1. The molecule has 2 saturated heterocycles. The summed E-state index contributed by atoms with van der Waals surface area (Å²) < 4.78 is 2.15. The van der Waals surface area contributed by atoms with Crippen LogP contribution in [0.15, 0.2) is 24.7 Å². The summed E-state index contributed by atoms with van der Waals surface area (Å²) in [6.07, 6.45) is 6.10. The Morgan fingerprint density at radius 3 is 2.33 bits per heavy atom. The highest BCUT2D eigenvalue weighted by atomic mass is 15.3. The average molecular weight is 408 g/mol. The second-order valence-electron chi connectivity index (χ2n) is 8.27. The van der Waals surface area contributed by atoms with Gasteiger partial charge in [-0.3, -0.25) is 0 Å². The Balaban J connectivity index is 1.48. The molecule has 0 atom stereocenters. The summed E-state index contributed by atoms with van der Waals surface area (Å²) in [5.74, 6) is 3.29. The third-order valence-corrected chi connectivity index (χ3v) is 5.83. The van der Waals surface area contributed by atoms with Gasteiger partial charge in [0.1, 0.15) is 23.0 Å². The van der Waals surface area contributed by atoms with Crippen molar-refractivity contribution < 1.29 is 0 Å². The lowest BCUT2D eigenvalue weighted by Gasteiger charge is -2.29.